The van der Waals surface area contributed by atoms with Gasteiger partial charge in [0, 0.05) is 18.0 Å². The molecule has 3 heterocycles. The lowest BCUT2D eigenvalue weighted by Gasteiger charge is -2.22. The van der Waals surface area contributed by atoms with Gasteiger partial charge in [-0.15, -0.1) is 5.10 Å². The quantitative estimate of drug-likeness (QED) is 0.446. The number of benzene rings is 1. The smallest absolute Gasteiger partial charge is 0.329 e. The van der Waals surface area contributed by atoms with Gasteiger partial charge in [-0.2, -0.15) is 13.2 Å². The highest BCUT2D eigenvalue weighted by molar-refractivity contribution is 5.67. The van der Waals surface area contributed by atoms with Crippen molar-refractivity contribution in [3.63, 3.8) is 0 Å². The molecule has 1 unspecified atom stereocenters. The lowest BCUT2D eigenvalue weighted by Crippen LogP contribution is -2.15. The zero-order chi connectivity index (χ0) is 22.2. The third-order valence-corrected chi connectivity index (χ3v) is 4.89. The first kappa shape index (κ1) is 20.7. The molecule has 6 nitrogen and oxygen atoms in total. The van der Waals surface area contributed by atoms with Gasteiger partial charge in [-0.05, 0) is 35.7 Å². The lowest BCUT2D eigenvalue weighted by molar-refractivity contribution is -0.140. The minimum absolute atomic E-state index is 0.0996. The highest BCUT2D eigenvalue weighted by Gasteiger charge is 2.37. The summed E-state index contributed by atoms with van der Waals surface area (Å²) in [7, 11) is 0. The maximum atomic E-state index is 13.3. The minimum atomic E-state index is -4.61. The largest absolute Gasteiger partial charge is 0.435 e. The van der Waals surface area contributed by atoms with Gasteiger partial charge >= 0.3 is 6.18 Å². The summed E-state index contributed by atoms with van der Waals surface area (Å²) < 4.78 is 54.8. The second-order valence-corrected chi connectivity index (χ2v) is 7.41. The van der Waals surface area contributed by atoms with Crippen LogP contribution in [-0.2, 0) is 6.18 Å². The number of halogens is 4. The van der Waals surface area contributed by atoms with Crippen LogP contribution in [0.4, 0.5) is 17.6 Å². The Morgan fingerprint density at radius 1 is 1.00 bits per heavy atom. The van der Waals surface area contributed by atoms with Gasteiger partial charge in [-0.1, -0.05) is 31.2 Å². The molecule has 0 radical (unpaired) electrons. The lowest BCUT2D eigenvalue weighted by atomic mass is 9.96. The van der Waals surface area contributed by atoms with Crippen LogP contribution in [0, 0.1) is 11.7 Å². The van der Waals surface area contributed by atoms with E-state index in [1.807, 2.05) is 23.5 Å². The highest BCUT2D eigenvalue weighted by atomic mass is 19.4. The van der Waals surface area contributed by atoms with Crippen molar-refractivity contribution in [3.8, 4) is 22.6 Å². The first-order valence-corrected chi connectivity index (χ1v) is 9.48. The molecule has 160 valence electrons. The summed E-state index contributed by atoms with van der Waals surface area (Å²) in [6.45, 7) is 4.08. The SMILES string of the molecule is CC(C)C(c1ccc(F)cc1)n1cnc(-c2cc(-c3nn[nH]c3C(F)(F)F)ccn2)c1. The summed E-state index contributed by atoms with van der Waals surface area (Å²) in [5.74, 6) is -0.138. The summed E-state index contributed by atoms with van der Waals surface area (Å²) in [5, 5.41) is 8.78. The fourth-order valence-electron chi connectivity index (χ4n) is 3.53. The monoisotopic (exact) mass is 430 g/mol. The molecule has 0 amide bonds. The highest BCUT2D eigenvalue weighted by Crippen LogP contribution is 2.35. The molecule has 0 saturated heterocycles. The van der Waals surface area contributed by atoms with Crippen molar-refractivity contribution in [2.24, 2.45) is 5.92 Å². The first-order chi connectivity index (χ1) is 14.7. The van der Waals surface area contributed by atoms with Crippen LogP contribution < -0.4 is 0 Å². The molecule has 4 aromatic rings. The molecule has 0 spiro atoms. The fourth-order valence-corrected chi connectivity index (χ4v) is 3.53. The Balaban J connectivity index is 1.69. The Bertz CT molecular complexity index is 1180. The van der Waals surface area contributed by atoms with E-state index in [1.54, 1.807) is 24.7 Å². The summed E-state index contributed by atoms with van der Waals surface area (Å²) in [4.78, 5) is 8.63. The van der Waals surface area contributed by atoms with Crippen molar-refractivity contribution in [1.29, 1.82) is 0 Å². The Morgan fingerprint density at radius 2 is 1.74 bits per heavy atom. The predicted molar refractivity (Wildman–Crippen MR) is 105 cm³/mol. The molecule has 0 aliphatic heterocycles. The van der Waals surface area contributed by atoms with Gasteiger partial charge < -0.3 is 4.57 Å². The number of hydrogen-bond donors (Lipinski definition) is 1. The van der Waals surface area contributed by atoms with E-state index in [9.17, 15) is 17.6 Å². The average molecular weight is 430 g/mol. The second kappa shape index (κ2) is 7.93. The van der Waals surface area contributed by atoms with Gasteiger partial charge in [-0.25, -0.2) is 9.37 Å². The van der Waals surface area contributed by atoms with E-state index in [1.165, 1.54) is 30.5 Å². The Kier molecular flexibility index (Phi) is 5.30. The van der Waals surface area contributed by atoms with Gasteiger partial charge in [0.1, 0.15) is 17.2 Å². The van der Waals surface area contributed by atoms with Crippen LogP contribution in [0.2, 0.25) is 0 Å². The molecule has 0 aliphatic rings. The summed E-state index contributed by atoms with van der Waals surface area (Å²) >= 11 is 0. The van der Waals surface area contributed by atoms with Crippen molar-refractivity contribution in [3.05, 3.63) is 72.2 Å². The Hall–Kier alpha value is -3.56. The van der Waals surface area contributed by atoms with E-state index in [0.717, 1.165) is 5.56 Å². The standard InChI is InChI=1S/C21H18F4N6/c1-12(2)19(13-3-5-15(22)6-4-13)31-10-17(27-11-31)16-9-14(7-8-26-16)18-20(21(23,24)25)29-30-28-18/h3-12,19H,1-2H3,(H,28,29,30). The van der Waals surface area contributed by atoms with Gasteiger partial charge in [0.05, 0.1) is 18.1 Å². The molecule has 3 aromatic heterocycles. The van der Waals surface area contributed by atoms with E-state index in [2.05, 4.69) is 20.3 Å². The first-order valence-electron chi connectivity index (χ1n) is 9.48. The average Bonchev–Trinajstić information content (AvgIpc) is 3.39. The number of pyridine rings is 1. The van der Waals surface area contributed by atoms with Crippen LogP contribution in [0.1, 0.15) is 31.1 Å². The number of aromatic amines is 1. The van der Waals surface area contributed by atoms with Gasteiger partial charge in [0.2, 0.25) is 0 Å². The van der Waals surface area contributed by atoms with Crippen molar-refractivity contribution in [1.82, 2.24) is 29.9 Å². The van der Waals surface area contributed by atoms with Gasteiger partial charge in [0.25, 0.3) is 0 Å². The van der Waals surface area contributed by atoms with E-state index < -0.39 is 11.9 Å². The molecule has 31 heavy (non-hydrogen) atoms. The molecule has 1 N–H and O–H groups in total. The number of aromatic nitrogens is 6. The van der Waals surface area contributed by atoms with E-state index in [4.69, 9.17) is 0 Å². The molecule has 10 heteroatoms. The maximum absolute atomic E-state index is 13.3. The van der Waals surface area contributed by atoms with Crippen molar-refractivity contribution in [2.45, 2.75) is 26.1 Å². The van der Waals surface area contributed by atoms with Crippen LogP contribution in [-0.4, -0.2) is 29.9 Å². The molecule has 0 aliphatic carbocycles. The predicted octanol–water partition coefficient (Wildman–Crippen LogP) is 5.13. The van der Waals surface area contributed by atoms with Crippen LogP contribution in [0.3, 0.4) is 0 Å². The minimum Gasteiger partial charge on any atom is -0.329 e. The van der Waals surface area contributed by atoms with Crippen LogP contribution in [0.15, 0.2) is 55.1 Å². The zero-order valence-corrected chi connectivity index (χ0v) is 16.6. The number of imidazole rings is 1. The third kappa shape index (κ3) is 4.18. The summed E-state index contributed by atoms with van der Waals surface area (Å²) in [6.07, 6.45) is 0.199. The second-order valence-electron chi connectivity index (χ2n) is 7.41. The summed E-state index contributed by atoms with van der Waals surface area (Å²) in [5.41, 5.74) is 0.702. The fraction of sp³-hybridized carbons (Fsp3) is 0.238. The number of H-pyrrole nitrogens is 1. The molecule has 0 fully saturated rings. The normalized spacial score (nSPS) is 13.0. The molecule has 0 bridgehead atoms. The van der Waals surface area contributed by atoms with E-state index >= 15 is 0 Å². The van der Waals surface area contributed by atoms with E-state index in [0.29, 0.717) is 11.4 Å². The van der Waals surface area contributed by atoms with Gasteiger partial charge in [-0.3, -0.25) is 10.1 Å². The maximum Gasteiger partial charge on any atom is 0.435 e. The van der Waals surface area contributed by atoms with Crippen LogP contribution in [0.25, 0.3) is 22.6 Å². The molecular weight excluding hydrogens is 412 g/mol. The van der Waals surface area contributed by atoms with Crippen LogP contribution in [0.5, 0.6) is 0 Å². The zero-order valence-electron chi connectivity index (χ0n) is 16.6. The topological polar surface area (TPSA) is 72.3 Å². The van der Waals surface area contributed by atoms with Crippen molar-refractivity contribution >= 4 is 0 Å². The molecule has 4 rings (SSSR count). The molecule has 0 saturated carbocycles. The molecule has 1 atom stereocenters. The third-order valence-electron chi connectivity index (χ3n) is 4.89. The number of nitrogens with zero attached hydrogens (tertiary/aromatic N) is 5. The van der Waals surface area contributed by atoms with Crippen molar-refractivity contribution < 1.29 is 17.6 Å². The Labute approximate surface area is 175 Å². The number of alkyl halides is 3. The Morgan fingerprint density at radius 3 is 2.42 bits per heavy atom. The number of rotatable bonds is 5. The molecule has 1 aromatic carbocycles. The number of nitrogens with one attached hydrogen (secondary N) is 1. The van der Waals surface area contributed by atoms with Gasteiger partial charge in [0.15, 0.2) is 5.69 Å². The van der Waals surface area contributed by atoms with E-state index in [-0.39, 0.29) is 29.0 Å². The summed E-state index contributed by atoms with van der Waals surface area (Å²) in [6, 6.07) is 9.08. The van der Waals surface area contributed by atoms with Crippen LogP contribution >= 0.6 is 0 Å². The number of hydrogen-bond acceptors (Lipinski definition) is 4. The molecular formula is C21H18F4N6. The van der Waals surface area contributed by atoms with Crippen molar-refractivity contribution in [2.75, 3.05) is 0 Å².